The lowest BCUT2D eigenvalue weighted by Crippen LogP contribution is -2.12. The average molecular weight is 321 g/mol. The average Bonchev–Trinajstić information content (AvgIpc) is 2.63. The summed E-state index contributed by atoms with van der Waals surface area (Å²) in [5.41, 5.74) is 1.39. The van der Waals surface area contributed by atoms with E-state index in [9.17, 15) is 4.79 Å². The Labute approximate surface area is 141 Å². The molecule has 0 saturated carbocycles. The molecule has 3 aromatic rings. The lowest BCUT2D eigenvalue weighted by molar-refractivity contribution is 0.102. The van der Waals surface area contributed by atoms with Crippen molar-refractivity contribution in [3.05, 3.63) is 72.3 Å². The zero-order chi connectivity index (χ0) is 16.8. The van der Waals surface area contributed by atoms with Crippen LogP contribution in [0.4, 0.5) is 5.69 Å². The lowest BCUT2D eigenvalue weighted by Gasteiger charge is -2.09. The van der Waals surface area contributed by atoms with E-state index in [1.54, 1.807) is 7.11 Å². The number of anilines is 1. The number of carbonyl (C=O) groups excluding carboxylic acids is 1. The van der Waals surface area contributed by atoms with Crippen molar-refractivity contribution in [2.75, 3.05) is 25.6 Å². The Kier molecular flexibility index (Phi) is 5.08. The minimum Gasteiger partial charge on any atom is -0.491 e. The van der Waals surface area contributed by atoms with Gasteiger partial charge in [0.05, 0.1) is 6.61 Å². The van der Waals surface area contributed by atoms with Gasteiger partial charge in [-0.3, -0.25) is 4.79 Å². The van der Waals surface area contributed by atoms with Crippen LogP contribution in [-0.2, 0) is 4.74 Å². The van der Waals surface area contributed by atoms with Gasteiger partial charge in [0.2, 0.25) is 0 Å². The van der Waals surface area contributed by atoms with E-state index < -0.39 is 0 Å². The summed E-state index contributed by atoms with van der Waals surface area (Å²) in [5, 5.41) is 4.92. The first kappa shape index (κ1) is 16.0. The van der Waals surface area contributed by atoms with Crippen LogP contribution in [0.15, 0.2) is 66.7 Å². The quantitative estimate of drug-likeness (QED) is 0.695. The lowest BCUT2D eigenvalue weighted by atomic mass is 10.0. The van der Waals surface area contributed by atoms with Crippen molar-refractivity contribution in [3.63, 3.8) is 0 Å². The van der Waals surface area contributed by atoms with Gasteiger partial charge < -0.3 is 14.8 Å². The van der Waals surface area contributed by atoms with Crippen molar-refractivity contribution < 1.29 is 14.3 Å². The van der Waals surface area contributed by atoms with Gasteiger partial charge in [-0.25, -0.2) is 0 Å². The fraction of sp³-hybridized carbons (Fsp3) is 0.150. The molecule has 0 aromatic heterocycles. The third-order valence-electron chi connectivity index (χ3n) is 3.70. The van der Waals surface area contributed by atoms with Crippen LogP contribution in [0.25, 0.3) is 10.8 Å². The number of rotatable bonds is 6. The number of hydrogen-bond donors (Lipinski definition) is 1. The molecule has 0 spiro atoms. The molecule has 0 radical (unpaired) electrons. The Morgan fingerprint density at radius 1 is 0.917 bits per heavy atom. The summed E-state index contributed by atoms with van der Waals surface area (Å²) in [6.45, 7) is 1.04. The second-order valence-electron chi connectivity index (χ2n) is 5.35. The molecule has 0 aliphatic carbocycles. The van der Waals surface area contributed by atoms with Gasteiger partial charge >= 0.3 is 0 Å². The number of amides is 1. The van der Waals surface area contributed by atoms with E-state index in [1.165, 1.54) is 0 Å². The molecule has 0 atom stereocenters. The van der Waals surface area contributed by atoms with Gasteiger partial charge in [0, 0.05) is 18.4 Å². The molecule has 0 fully saturated rings. The van der Waals surface area contributed by atoms with E-state index in [0.717, 1.165) is 22.2 Å². The molecule has 0 aliphatic rings. The summed E-state index contributed by atoms with van der Waals surface area (Å²) in [7, 11) is 1.63. The molecule has 0 unspecified atom stereocenters. The van der Waals surface area contributed by atoms with Crippen molar-refractivity contribution in [1.82, 2.24) is 0 Å². The minimum absolute atomic E-state index is 0.125. The van der Waals surface area contributed by atoms with Crippen LogP contribution in [-0.4, -0.2) is 26.2 Å². The predicted molar refractivity (Wildman–Crippen MR) is 95.7 cm³/mol. The largest absolute Gasteiger partial charge is 0.491 e. The zero-order valence-corrected chi connectivity index (χ0v) is 13.5. The first-order valence-corrected chi connectivity index (χ1v) is 7.79. The van der Waals surface area contributed by atoms with Crippen LogP contribution in [0, 0.1) is 0 Å². The molecule has 4 heteroatoms. The molecule has 3 aromatic carbocycles. The summed E-state index contributed by atoms with van der Waals surface area (Å²) >= 11 is 0. The topological polar surface area (TPSA) is 47.6 Å². The molecular weight excluding hydrogens is 302 g/mol. The molecule has 0 heterocycles. The maximum absolute atomic E-state index is 12.6. The summed E-state index contributed by atoms with van der Waals surface area (Å²) < 4.78 is 10.5. The Morgan fingerprint density at radius 3 is 2.46 bits per heavy atom. The Hall–Kier alpha value is -2.85. The van der Waals surface area contributed by atoms with Gasteiger partial charge in [-0.2, -0.15) is 0 Å². The van der Waals surface area contributed by atoms with Crippen LogP contribution in [0.2, 0.25) is 0 Å². The molecule has 1 N–H and O–H groups in total. The van der Waals surface area contributed by atoms with Crippen molar-refractivity contribution in [2.24, 2.45) is 0 Å². The molecule has 3 rings (SSSR count). The van der Waals surface area contributed by atoms with Gasteiger partial charge in [-0.1, -0.05) is 36.4 Å². The molecule has 0 bridgehead atoms. The van der Waals surface area contributed by atoms with E-state index in [0.29, 0.717) is 18.8 Å². The SMILES string of the molecule is COCCOc1ccc(NC(=O)c2cccc3ccccc23)cc1. The van der Waals surface area contributed by atoms with Crippen molar-refractivity contribution >= 4 is 22.4 Å². The Morgan fingerprint density at radius 2 is 1.67 bits per heavy atom. The fourth-order valence-corrected chi connectivity index (χ4v) is 2.50. The number of ether oxygens (including phenoxy) is 2. The highest BCUT2D eigenvalue weighted by molar-refractivity contribution is 6.12. The van der Waals surface area contributed by atoms with Gasteiger partial charge in [-0.15, -0.1) is 0 Å². The third-order valence-corrected chi connectivity index (χ3v) is 3.70. The van der Waals surface area contributed by atoms with E-state index in [2.05, 4.69) is 5.32 Å². The van der Waals surface area contributed by atoms with Crippen LogP contribution < -0.4 is 10.1 Å². The first-order valence-electron chi connectivity index (χ1n) is 7.79. The molecule has 4 nitrogen and oxygen atoms in total. The van der Waals surface area contributed by atoms with E-state index in [4.69, 9.17) is 9.47 Å². The van der Waals surface area contributed by atoms with Crippen LogP contribution >= 0.6 is 0 Å². The number of hydrogen-bond acceptors (Lipinski definition) is 3. The third kappa shape index (κ3) is 3.73. The smallest absolute Gasteiger partial charge is 0.256 e. The van der Waals surface area contributed by atoms with Gasteiger partial charge in [0.25, 0.3) is 5.91 Å². The number of benzene rings is 3. The number of methoxy groups -OCH3 is 1. The summed E-state index contributed by atoms with van der Waals surface area (Å²) in [6, 6.07) is 20.9. The standard InChI is InChI=1S/C20H19NO3/c1-23-13-14-24-17-11-9-16(10-12-17)21-20(22)19-8-4-6-15-5-2-3-7-18(15)19/h2-12H,13-14H2,1H3,(H,21,22). The maximum Gasteiger partial charge on any atom is 0.256 e. The Balaban J connectivity index is 1.72. The van der Waals surface area contributed by atoms with Crippen molar-refractivity contribution in [2.45, 2.75) is 0 Å². The number of nitrogens with one attached hydrogen (secondary N) is 1. The van der Waals surface area contributed by atoms with Crippen LogP contribution in [0.5, 0.6) is 5.75 Å². The fourth-order valence-electron chi connectivity index (χ4n) is 2.50. The molecule has 1 amide bonds. The van der Waals surface area contributed by atoms with E-state index in [1.807, 2.05) is 66.7 Å². The van der Waals surface area contributed by atoms with Crippen molar-refractivity contribution in [3.8, 4) is 5.75 Å². The van der Waals surface area contributed by atoms with Crippen molar-refractivity contribution in [1.29, 1.82) is 0 Å². The summed E-state index contributed by atoms with van der Waals surface area (Å²) in [6.07, 6.45) is 0. The monoisotopic (exact) mass is 321 g/mol. The second-order valence-corrected chi connectivity index (χ2v) is 5.35. The van der Waals surface area contributed by atoms with Crippen LogP contribution in [0.1, 0.15) is 10.4 Å². The van der Waals surface area contributed by atoms with E-state index >= 15 is 0 Å². The molecule has 0 aliphatic heterocycles. The number of fused-ring (bicyclic) bond motifs is 1. The number of carbonyl (C=O) groups is 1. The zero-order valence-electron chi connectivity index (χ0n) is 13.5. The van der Waals surface area contributed by atoms with Gasteiger partial charge in [0.15, 0.2) is 0 Å². The van der Waals surface area contributed by atoms with Crippen LogP contribution in [0.3, 0.4) is 0 Å². The highest BCUT2D eigenvalue weighted by atomic mass is 16.5. The highest BCUT2D eigenvalue weighted by Gasteiger charge is 2.09. The Bertz CT molecular complexity index is 822. The predicted octanol–water partition coefficient (Wildman–Crippen LogP) is 4.12. The van der Waals surface area contributed by atoms with E-state index in [-0.39, 0.29) is 5.91 Å². The normalized spacial score (nSPS) is 10.5. The molecule has 122 valence electrons. The maximum atomic E-state index is 12.6. The second kappa shape index (κ2) is 7.62. The first-order chi connectivity index (χ1) is 11.8. The minimum atomic E-state index is -0.125. The summed E-state index contributed by atoms with van der Waals surface area (Å²) in [5.74, 6) is 0.620. The molecular formula is C20H19NO3. The molecule has 0 saturated heterocycles. The molecule has 24 heavy (non-hydrogen) atoms. The van der Waals surface area contributed by atoms with Gasteiger partial charge in [0.1, 0.15) is 12.4 Å². The summed E-state index contributed by atoms with van der Waals surface area (Å²) in [4.78, 5) is 12.6. The highest BCUT2D eigenvalue weighted by Crippen LogP contribution is 2.21. The van der Waals surface area contributed by atoms with Gasteiger partial charge in [-0.05, 0) is 41.1 Å².